The van der Waals surface area contributed by atoms with Crippen LogP contribution in [0.5, 0.6) is 0 Å². The van der Waals surface area contributed by atoms with Crippen LogP contribution in [0.3, 0.4) is 0 Å². The Labute approximate surface area is 120 Å². The second kappa shape index (κ2) is 4.98. The summed E-state index contributed by atoms with van der Waals surface area (Å²) in [5.74, 6) is -0.349. The van der Waals surface area contributed by atoms with E-state index in [1.165, 1.54) is 18.2 Å². The fourth-order valence-corrected chi connectivity index (χ4v) is 2.22. The summed E-state index contributed by atoms with van der Waals surface area (Å²) in [4.78, 5) is 4.06. The number of halogens is 2. The average molecular weight is 288 g/mol. The Hall–Kier alpha value is -2.33. The van der Waals surface area contributed by atoms with Crippen molar-refractivity contribution in [1.82, 2.24) is 4.98 Å². The summed E-state index contributed by atoms with van der Waals surface area (Å²) in [5.41, 5.74) is 7.87. The smallest absolute Gasteiger partial charge is 0.125 e. The molecular weight excluding hydrogens is 277 g/mol. The Kier molecular flexibility index (Phi) is 3.16. The first-order valence-electron chi connectivity index (χ1n) is 5.99. The molecule has 0 bridgehead atoms. The number of fused-ring (bicyclic) bond motifs is 1. The molecule has 0 spiro atoms. The van der Waals surface area contributed by atoms with Gasteiger partial charge in [-0.05, 0) is 36.4 Å². The third kappa shape index (κ3) is 2.26. The van der Waals surface area contributed by atoms with E-state index in [0.717, 1.165) is 16.5 Å². The molecule has 0 atom stereocenters. The molecule has 0 fully saturated rings. The molecule has 0 aliphatic carbocycles. The highest BCUT2D eigenvalue weighted by Crippen LogP contribution is 2.32. The van der Waals surface area contributed by atoms with E-state index in [4.69, 9.17) is 17.3 Å². The molecule has 0 unspecified atom stereocenters. The Morgan fingerprint density at radius 1 is 1.05 bits per heavy atom. The summed E-state index contributed by atoms with van der Waals surface area (Å²) in [6, 6.07) is 9.64. The van der Waals surface area contributed by atoms with E-state index in [0.29, 0.717) is 16.4 Å². The number of nitrogens with zero attached hydrogens (tertiary/aromatic N) is 1. The Balaban J connectivity index is 2.11. The molecule has 0 saturated carbocycles. The van der Waals surface area contributed by atoms with Crippen molar-refractivity contribution in [3.05, 3.63) is 59.6 Å². The maximum absolute atomic E-state index is 13.3. The van der Waals surface area contributed by atoms with Crippen molar-refractivity contribution < 1.29 is 4.39 Å². The fraction of sp³-hybridized carbons (Fsp3) is 0. The molecule has 0 aliphatic heterocycles. The molecule has 3 nitrogen and oxygen atoms in total. The lowest BCUT2D eigenvalue weighted by molar-refractivity contribution is 0.628. The number of nitrogens with two attached hydrogens (primary N) is 1. The van der Waals surface area contributed by atoms with Gasteiger partial charge in [-0.15, -0.1) is 0 Å². The monoisotopic (exact) mass is 287 g/mol. The molecule has 2 aromatic carbocycles. The summed E-state index contributed by atoms with van der Waals surface area (Å²) in [6.07, 6.45) is 3.38. The molecule has 3 N–H and O–H groups in total. The summed E-state index contributed by atoms with van der Waals surface area (Å²) in [7, 11) is 0. The van der Waals surface area contributed by atoms with Gasteiger partial charge in [-0.1, -0.05) is 11.6 Å². The fourth-order valence-electron chi connectivity index (χ4n) is 2.06. The first-order valence-corrected chi connectivity index (χ1v) is 6.37. The lowest BCUT2D eigenvalue weighted by atomic mass is 10.1. The zero-order valence-electron chi connectivity index (χ0n) is 10.4. The van der Waals surface area contributed by atoms with Crippen molar-refractivity contribution in [2.75, 3.05) is 11.1 Å². The van der Waals surface area contributed by atoms with Crippen LogP contribution in [0.4, 0.5) is 21.5 Å². The Morgan fingerprint density at radius 3 is 2.75 bits per heavy atom. The number of nitrogens with one attached hydrogen (secondary N) is 1. The molecule has 100 valence electrons. The van der Waals surface area contributed by atoms with E-state index < -0.39 is 0 Å². The van der Waals surface area contributed by atoms with Gasteiger partial charge in [0, 0.05) is 34.5 Å². The van der Waals surface area contributed by atoms with Gasteiger partial charge in [0.25, 0.3) is 0 Å². The number of aromatic nitrogens is 1. The summed E-state index contributed by atoms with van der Waals surface area (Å²) < 4.78 is 13.3. The third-order valence-electron chi connectivity index (χ3n) is 3.05. The first-order chi connectivity index (χ1) is 9.65. The van der Waals surface area contributed by atoms with E-state index >= 15 is 0 Å². The lowest BCUT2D eigenvalue weighted by Crippen LogP contribution is -1.95. The van der Waals surface area contributed by atoms with Crippen LogP contribution in [0.2, 0.25) is 5.02 Å². The van der Waals surface area contributed by atoms with Crippen LogP contribution in [0.15, 0.2) is 48.8 Å². The molecule has 0 aliphatic rings. The molecule has 20 heavy (non-hydrogen) atoms. The minimum Gasteiger partial charge on any atom is -0.398 e. The topological polar surface area (TPSA) is 50.9 Å². The van der Waals surface area contributed by atoms with Crippen molar-refractivity contribution >= 4 is 39.4 Å². The van der Waals surface area contributed by atoms with Crippen molar-refractivity contribution in [3.8, 4) is 0 Å². The van der Waals surface area contributed by atoms with E-state index in [9.17, 15) is 4.39 Å². The van der Waals surface area contributed by atoms with Crippen molar-refractivity contribution in [2.45, 2.75) is 0 Å². The number of benzene rings is 2. The van der Waals surface area contributed by atoms with Gasteiger partial charge in [-0.3, -0.25) is 4.98 Å². The highest BCUT2D eigenvalue weighted by molar-refractivity contribution is 6.33. The van der Waals surface area contributed by atoms with Crippen LogP contribution in [0.1, 0.15) is 0 Å². The normalized spacial score (nSPS) is 10.7. The predicted octanol–water partition coefficient (Wildman–Crippen LogP) is 4.35. The standard InChI is InChI=1S/C15H11ClFN3/c16-12-2-1-9(17)7-15(12)20-14-4-3-13(18)11-8-19-6-5-10(11)14/h1-8,20H,18H2. The maximum Gasteiger partial charge on any atom is 0.125 e. The molecule has 1 aromatic heterocycles. The number of anilines is 3. The number of hydrogen-bond acceptors (Lipinski definition) is 3. The minimum atomic E-state index is -0.349. The zero-order chi connectivity index (χ0) is 14.1. The Bertz CT molecular complexity index is 789. The van der Waals surface area contributed by atoms with Crippen molar-refractivity contribution in [2.24, 2.45) is 0 Å². The molecule has 3 aromatic rings. The van der Waals surface area contributed by atoms with Crippen molar-refractivity contribution in [3.63, 3.8) is 0 Å². The highest BCUT2D eigenvalue weighted by Gasteiger charge is 2.07. The molecule has 0 radical (unpaired) electrons. The van der Waals surface area contributed by atoms with E-state index in [-0.39, 0.29) is 5.82 Å². The van der Waals surface area contributed by atoms with E-state index in [2.05, 4.69) is 10.3 Å². The quantitative estimate of drug-likeness (QED) is 0.689. The molecule has 5 heteroatoms. The largest absolute Gasteiger partial charge is 0.398 e. The van der Waals surface area contributed by atoms with Gasteiger partial charge >= 0.3 is 0 Å². The van der Waals surface area contributed by atoms with Gasteiger partial charge < -0.3 is 11.1 Å². The van der Waals surface area contributed by atoms with Gasteiger partial charge in [-0.2, -0.15) is 0 Å². The van der Waals surface area contributed by atoms with Gasteiger partial charge in [0.1, 0.15) is 5.82 Å². The molecule has 0 amide bonds. The van der Waals surface area contributed by atoms with Crippen LogP contribution in [0, 0.1) is 5.82 Å². The van der Waals surface area contributed by atoms with Gasteiger partial charge in [0.15, 0.2) is 0 Å². The van der Waals surface area contributed by atoms with Crippen LogP contribution in [-0.4, -0.2) is 4.98 Å². The SMILES string of the molecule is Nc1ccc(Nc2cc(F)ccc2Cl)c2ccncc12. The first kappa shape index (κ1) is 12.7. The predicted molar refractivity (Wildman–Crippen MR) is 80.8 cm³/mol. The van der Waals surface area contributed by atoms with Crippen LogP contribution in [-0.2, 0) is 0 Å². The number of pyridine rings is 1. The van der Waals surface area contributed by atoms with Crippen LogP contribution in [0.25, 0.3) is 10.8 Å². The second-order valence-electron chi connectivity index (χ2n) is 4.37. The molecule has 0 saturated heterocycles. The summed E-state index contributed by atoms with van der Waals surface area (Å²) in [5, 5.41) is 5.32. The lowest BCUT2D eigenvalue weighted by Gasteiger charge is -2.12. The number of hydrogen-bond donors (Lipinski definition) is 2. The van der Waals surface area contributed by atoms with Crippen LogP contribution < -0.4 is 11.1 Å². The van der Waals surface area contributed by atoms with Crippen molar-refractivity contribution in [1.29, 1.82) is 0 Å². The maximum atomic E-state index is 13.3. The summed E-state index contributed by atoms with van der Waals surface area (Å²) >= 11 is 6.06. The summed E-state index contributed by atoms with van der Waals surface area (Å²) in [6.45, 7) is 0. The second-order valence-corrected chi connectivity index (χ2v) is 4.78. The van der Waals surface area contributed by atoms with E-state index in [1.807, 2.05) is 12.1 Å². The molecular formula is C15H11ClFN3. The van der Waals surface area contributed by atoms with Gasteiger partial charge in [0.05, 0.1) is 10.7 Å². The molecule has 3 rings (SSSR count). The number of rotatable bonds is 2. The highest BCUT2D eigenvalue weighted by atomic mass is 35.5. The van der Waals surface area contributed by atoms with Crippen LogP contribution >= 0.6 is 11.6 Å². The van der Waals surface area contributed by atoms with Gasteiger partial charge in [0.2, 0.25) is 0 Å². The minimum absolute atomic E-state index is 0.349. The Morgan fingerprint density at radius 2 is 1.90 bits per heavy atom. The average Bonchev–Trinajstić information content (AvgIpc) is 2.46. The third-order valence-corrected chi connectivity index (χ3v) is 3.38. The van der Waals surface area contributed by atoms with Gasteiger partial charge in [-0.25, -0.2) is 4.39 Å². The zero-order valence-corrected chi connectivity index (χ0v) is 11.2. The molecule has 1 heterocycles. The van der Waals surface area contributed by atoms with E-state index in [1.54, 1.807) is 18.5 Å². The number of nitrogen functional groups attached to an aromatic ring is 1.